The Balaban J connectivity index is 1.18. The number of rotatable bonds is 4. The smallest absolute Gasteiger partial charge is 0.257 e. The minimum atomic E-state index is -0.321. The number of nitrogens with one attached hydrogen (secondary N) is 1. The summed E-state index contributed by atoms with van der Waals surface area (Å²) in [6.45, 7) is 3.86. The number of carbonyl (C=O) groups excluding carboxylic acids is 1. The van der Waals surface area contributed by atoms with E-state index in [1.165, 1.54) is 25.7 Å². The highest BCUT2D eigenvalue weighted by Gasteiger charge is 2.46. The van der Waals surface area contributed by atoms with Crippen LogP contribution in [0.4, 0.5) is 5.82 Å². The molecule has 0 atom stereocenters. The molecule has 0 unspecified atom stereocenters. The van der Waals surface area contributed by atoms with Crippen LogP contribution in [0.1, 0.15) is 47.2 Å². The van der Waals surface area contributed by atoms with Gasteiger partial charge in [0.15, 0.2) is 12.1 Å². The lowest BCUT2D eigenvalue weighted by Gasteiger charge is -2.29. The topological polar surface area (TPSA) is 78.3 Å². The lowest BCUT2D eigenvalue weighted by atomic mass is 10.0. The summed E-state index contributed by atoms with van der Waals surface area (Å²) in [5.41, 5.74) is 2.70. The Morgan fingerprint density at radius 1 is 1.31 bits per heavy atom. The minimum absolute atomic E-state index is 0.211. The van der Waals surface area contributed by atoms with E-state index in [1.807, 2.05) is 25.1 Å². The predicted molar refractivity (Wildman–Crippen MR) is 106 cm³/mol. The van der Waals surface area contributed by atoms with Crippen LogP contribution in [-0.4, -0.2) is 40.4 Å². The molecule has 29 heavy (non-hydrogen) atoms. The van der Waals surface area contributed by atoms with Crippen molar-refractivity contribution in [1.29, 1.82) is 0 Å². The Labute approximate surface area is 169 Å². The van der Waals surface area contributed by atoms with Crippen molar-refractivity contribution in [3.8, 4) is 11.8 Å². The van der Waals surface area contributed by atoms with Gasteiger partial charge in [-0.25, -0.2) is 4.68 Å². The molecule has 1 saturated heterocycles. The van der Waals surface area contributed by atoms with Gasteiger partial charge in [-0.05, 0) is 56.4 Å². The van der Waals surface area contributed by atoms with Gasteiger partial charge in [0.1, 0.15) is 0 Å². The van der Waals surface area contributed by atoms with Gasteiger partial charge in [-0.2, -0.15) is 0 Å². The van der Waals surface area contributed by atoms with Crippen molar-refractivity contribution in [2.45, 2.75) is 45.4 Å². The second-order valence-corrected chi connectivity index (χ2v) is 8.40. The first-order valence-corrected chi connectivity index (χ1v) is 10.2. The van der Waals surface area contributed by atoms with Crippen LogP contribution < -0.4 is 5.32 Å². The number of carbonyl (C=O) groups is 1. The van der Waals surface area contributed by atoms with E-state index in [0.717, 1.165) is 24.3 Å². The third-order valence-corrected chi connectivity index (χ3v) is 5.69. The van der Waals surface area contributed by atoms with E-state index in [-0.39, 0.29) is 17.6 Å². The van der Waals surface area contributed by atoms with Gasteiger partial charge in [0, 0.05) is 22.5 Å². The summed E-state index contributed by atoms with van der Waals surface area (Å²) < 4.78 is 13.2. The fourth-order valence-corrected chi connectivity index (χ4v) is 3.39. The van der Waals surface area contributed by atoms with Gasteiger partial charge in [0.05, 0.1) is 26.0 Å². The average molecular weight is 392 g/mol. The summed E-state index contributed by atoms with van der Waals surface area (Å²) in [5, 5.41) is 10.9. The molecule has 2 aliphatic carbocycles. The molecule has 1 spiro atoms. The van der Waals surface area contributed by atoms with Gasteiger partial charge in [0.25, 0.3) is 5.91 Å². The Morgan fingerprint density at radius 2 is 2.10 bits per heavy atom. The van der Waals surface area contributed by atoms with Crippen LogP contribution in [0.2, 0.25) is 0 Å². The van der Waals surface area contributed by atoms with Crippen LogP contribution in [0.15, 0.2) is 24.4 Å². The molecule has 2 aromatic rings. The number of amides is 1. The quantitative estimate of drug-likeness (QED) is 0.810. The van der Waals surface area contributed by atoms with E-state index in [4.69, 9.17) is 9.47 Å². The van der Waals surface area contributed by atoms with Gasteiger partial charge in [-0.15, -0.1) is 5.10 Å². The van der Waals surface area contributed by atoms with E-state index < -0.39 is 0 Å². The molecule has 3 aliphatic rings. The molecule has 0 bridgehead atoms. The third-order valence-electron chi connectivity index (χ3n) is 5.69. The van der Waals surface area contributed by atoms with Crippen LogP contribution in [0.5, 0.6) is 0 Å². The van der Waals surface area contributed by atoms with E-state index in [1.54, 1.807) is 10.9 Å². The Hall–Kier alpha value is -2.69. The van der Waals surface area contributed by atoms with Crippen LogP contribution in [0.25, 0.3) is 0 Å². The predicted octanol–water partition coefficient (Wildman–Crippen LogP) is 2.75. The summed E-state index contributed by atoms with van der Waals surface area (Å²) in [4.78, 5) is 12.6. The van der Waals surface area contributed by atoms with Crippen molar-refractivity contribution in [1.82, 2.24) is 15.0 Å². The molecule has 150 valence electrons. The zero-order valence-electron chi connectivity index (χ0n) is 16.5. The van der Waals surface area contributed by atoms with Crippen molar-refractivity contribution >= 4 is 11.7 Å². The number of hydrogen-bond donors (Lipinski definition) is 1. The molecule has 0 radical (unpaired) electrons. The van der Waals surface area contributed by atoms with Crippen molar-refractivity contribution in [3.05, 3.63) is 41.1 Å². The number of aryl methyl sites for hydroxylation is 1. The van der Waals surface area contributed by atoms with Crippen LogP contribution in [-0.2, 0) is 16.0 Å². The number of anilines is 1. The molecule has 2 saturated carbocycles. The fraction of sp³-hybridized carbons (Fsp3) is 0.500. The average Bonchev–Trinajstić information content (AvgIpc) is 3.63. The SMILES string of the molecule is Cc1cc(C#CC2CC2)ccc1C(=O)Nc1cn(CC2OCC3(CC3)CO2)nn1. The molecule has 5 rings (SSSR count). The second-order valence-electron chi connectivity index (χ2n) is 8.40. The number of hydrogen-bond acceptors (Lipinski definition) is 5. The first-order valence-electron chi connectivity index (χ1n) is 10.2. The maximum atomic E-state index is 12.6. The monoisotopic (exact) mass is 392 g/mol. The number of aromatic nitrogens is 3. The lowest BCUT2D eigenvalue weighted by molar-refractivity contribution is -0.213. The molecular weight excluding hydrogens is 368 g/mol. The van der Waals surface area contributed by atoms with Crippen LogP contribution >= 0.6 is 0 Å². The lowest BCUT2D eigenvalue weighted by Crippen LogP contribution is -2.36. The molecular formula is C22H24N4O3. The first-order chi connectivity index (χ1) is 14.1. The Kier molecular flexibility index (Phi) is 4.61. The summed E-state index contributed by atoms with van der Waals surface area (Å²) in [5.74, 6) is 7.17. The molecule has 1 amide bonds. The van der Waals surface area contributed by atoms with Gasteiger partial charge >= 0.3 is 0 Å². The summed E-state index contributed by atoms with van der Waals surface area (Å²) in [6.07, 6.45) is 6.15. The Morgan fingerprint density at radius 3 is 2.79 bits per heavy atom. The molecule has 7 nitrogen and oxygen atoms in total. The first kappa shape index (κ1) is 18.3. The van der Waals surface area contributed by atoms with E-state index in [0.29, 0.717) is 23.8 Å². The maximum absolute atomic E-state index is 12.6. The number of benzene rings is 1. The van der Waals surface area contributed by atoms with E-state index >= 15 is 0 Å². The van der Waals surface area contributed by atoms with Crippen molar-refractivity contribution in [2.24, 2.45) is 11.3 Å². The standard InChI is InChI=1S/C22H24N4O3/c1-15-10-17(5-4-16-2-3-16)6-7-18(15)21(27)23-19-11-26(25-24-19)12-20-28-13-22(8-9-22)14-29-20/h6-7,10-11,16,20H,2-3,8-9,12-14H2,1H3,(H,23,27). The zero-order chi connectivity index (χ0) is 19.8. The molecule has 1 N–H and O–H groups in total. The van der Waals surface area contributed by atoms with E-state index in [9.17, 15) is 4.79 Å². The normalized spacial score (nSPS) is 20.2. The summed E-state index contributed by atoms with van der Waals surface area (Å²) in [7, 11) is 0. The van der Waals surface area contributed by atoms with Gasteiger partial charge < -0.3 is 14.8 Å². The number of ether oxygens (including phenoxy) is 2. The molecule has 1 aliphatic heterocycles. The zero-order valence-corrected chi connectivity index (χ0v) is 16.5. The minimum Gasteiger partial charge on any atom is -0.350 e. The van der Waals surface area contributed by atoms with Gasteiger partial charge in [-0.3, -0.25) is 4.79 Å². The van der Waals surface area contributed by atoms with Crippen molar-refractivity contribution < 1.29 is 14.3 Å². The molecule has 1 aromatic heterocycles. The van der Waals surface area contributed by atoms with Crippen molar-refractivity contribution in [2.75, 3.05) is 18.5 Å². The molecule has 2 heterocycles. The molecule has 7 heteroatoms. The Bertz CT molecular complexity index is 985. The summed E-state index contributed by atoms with van der Waals surface area (Å²) in [6, 6.07) is 5.65. The third kappa shape index (κ3) is 4.34. The van der Waals surface area contributed by atoms with Crippen LogP contribution in [0, 0.1) is 30.1 Å². The maximum Gasteiger partial charge on any atom is 0.257 e. The highest BCUT2D eigenvalue weighted by molar-refractivity contribution is 6.04. The number of nitrogens with zero attached hydrogens (tertiary/aromatic N) is 3. The molecule has 3 fully saturated rings. The highest BCUT2D eigenvalue weighted by Crippen LogP contribution is 2.48. The van der Waals surface area contributed by atoms with Gasteiger partial charge in [0.2, 0.25) is 0 Å². The second kappa shape index (κ2) is 7.29. The highest BCUT2D eigenvalue weighted by atomic mass is 16.7. The fourth-order valence-electron chi connectivity index (χ4n) is 3.39. The van der Waals surface area contributed by atoms with Gasteiger partial charge in [-0.1, -0.05) is 17.1 Å². The summed E-state index contributed by atoms with van der Waals surface area (Å²) >= 11 is 0. The van der Waals surface area contributed by atoms with E-state index in [2.05, 4.69) is 27.5 Å². The van der Waals surface area contributed by atoms with Crippen LogP contribution in [0.3, 0.4) is 0 Å². The molecule has 1 aromatic carbocycles. The van der Waals surface area contributed by atoms with Crippen molar-refractivity contribution in [3.63, 3.8) is 0 Å². The largest absolute Gasteiger partial charge is 0.350 e.